The van der Waals surface area contributed by atoms with Crippen LogP contribution in [0.1, 0.15) is 30.5 Å². The number of nitrogens with zero attached hydrogens (tertiary/aromatic N) is 1. The minimum absolute atomic E-state index is 0.0169. The van der Waals surface area contributed by atoms with Gasteiger partial charge >= 0.3 is 0 Å². The summed E-state index contributed by atoms with van der Waals surface area (Å²) in [4.78, 5) is 12.0. The zero-order valence-corrected chi connectivity index (χ0v) is 12.0. The van der Waals surface area contributed by atoms with Crippen LogP contribution in [0.3, 0.4) is 0 Å². The van der Waals surface area contributed by atoms with E-state index in [2.05, 4.69) is 34.7 Å². The van der Waals surface area contributed by atoms with Gasteiger partial charge in [-0.2, -0.15) is 0 Å². The van der Waals surface area contributed by atoms with Gasteiger partial charge in [-0.1, -0.05) is 41.9 Å². The Morgan fingerprint density at radius 1 is 1.24 bits per heavy atom. The molecule has 1 aliphatic carbocycles. The predicted molar refractivity (Wildman–Crippen MR) is 79.6 cm³/mol. The van der Waals surface area contributed by atoms with Crippen LogP contribution in [-0.2, 0) is 17.6 Å². The molecule has 0 saturated heterocycles. The highest BCUT2D eigenvalue weighted by molar-refractivity contribution is 5.78. The van der Waals surface area contributed by atoms with Crippen molar-refractivity contribution in [1.29, 1.82) is 0 Å². The first-order valence-corrected chi connectivity index (χ1v) is 7.46. The van der Waals surface area contributed by atoms with Crippen molar-refractivity contribution in [2.75, 3.05) is 6.54 Å². The van der Waals surface area contributed by atoms with Crippen molar-refractivity contribution in [2.24, 2.45) is 5.41 Å². The molecule has 1 fully saturated rings. The fourth-order valence-electron chi connectivity index (χ4n) is 2.96. The van der Waals surface area contributed by atoms with Crippen LogP contribution in [0.5, 0.6) is 0 Å². The molecule has 4 heteroatoms. The monoisotopic (exact) mass is 284 g/mol. The molecule has 0 radical (unpaired) electrons. The van der Waals surface area contributed by atoms with Gasteiger partial charge in [-0.3, -0.25) is 4.79 Å². The maximum atomic E-state index is 12.0. The lowest BCUT2D eigenvalue weighted by Gasteiger charge is -2.42. The molecule has 2 aromatic rings. The molecule has 0 bridgehead atoms. The molecule has 1 aromatic carbocycles. The molecule has 4 nitrogen and oxygen atoms in total. The van der Waals surface area contributed by atoms with E-state index >= 15 is 0 Å². The number of aromatic nitrogens is 1. The quantitative estimate of drug-likeness (QED) is 0.887. The van der Waals surface area contributed by atoms with Crippen molar-refractivity contribution >= 4 is 5.91 Å². The number of carbonyl (C=O) groups excluding carboxylic acids is 1. The maximum Gasteiger partial charge on any atom is 0.226 e. The Kier molecular flexibility index (Phi) is 4.04. The third kappa shape index (κ3) is 3.51. The van der Waals surface area contributed by atoms with E-state index in [0.717, 1.165) is 13.0 Å². The molecule has 1 heterocycles. The van der Waals surface area contributed by atoms with Gasteiger partial charge in [0.05, 0.1) is 12.1 Å². The van der Waals surface area contributed by atoms with Gasteiger partial charge < -0.3 is 9.84 Å². The van der Waals surface area contributed by atoms with Gasteiger partial charge in [0.1, 0.15) is 6.26 Å². The molecule has 1 amide bonds. The van der Waals surface area contributed by atoms with Crippen LogP contribution in [0.4, 0.5) is 0 Å². The molecular formula is C17H20N2O2. The fraction of sp³-hybridized carbons (Fsp3) is 0.412. The summed E-state index contributed by atoms with van der Waals surface area (Å²) in [6.07, 6.45) is 6.45. The number of rotatable bonds is 6. The van der Waals surface area contributed by atoms with Crippen molar-refractivity contribution in [3.63, 3.8) is 0 Å². The van der Waals surface area contributed by atoms with Crippen molar-refractivity contribution in [2.45, 2.75) is 32.1 Å². The SMILES string of the molecule is O=C(Cc1ccon1)NCC1(Cc2ccccc2)CCC1. The van der Waals surface area contributed by atoms with Gasteiger partial charge in [-0.25, -0.2) is 0 Å². The van der Waals surface area contributed by atoms with E-state index in [9.17, 15) is 4.79 Å². The van der Waals surface area contributed by atoms with Crippen molar-refractivity contribution in [3.05, 3.63) is 53.9 Å². The minimum atomic E-state index is 0.0169. The molecule has 1 N–H and O–H groups in total. The predicted octanol–water partition coefficient (Wildman–Crippen LogP) is 2.75. The molecule has 0 spiro atoms. The third-order valence-corrected chi connectivity index (χ3v) is 4.33. The van der Waals surface area contributed by atoms with E-state index in [1.165, 1.54) is 31.1 Å². The largest absolute Gasteiger partial charge is 0.364 e. The number of carbonyl (C=O) groups is 1. The van der Waals surface area contributed by atoms with Crippen LogP contribution < -0.4 is 5.32 Å². The fourth-order valence-corrected chi connectivity index (χ4v) is 2.96. The van der Waals surface area contributed by atoms with Crippen LogP contribution in [0.15, 0.2) is 47.2 Å². The standard InChI is InChI=1S/C17H20N2O2/c20-16(11-15-7-10-21-19-15)18-13-17(8-4-9-17)12-14-5-2-1-3-6-14/h1-3,5-7,10H,4,8-9,11-13H2,(H,18,20). The minimum Gasteiger partial charge on any atom is -0.364 e. The summed E-state index contributed by atoms with van der Waals surface area (Å²) in [6, 6.07) is 12.2. The Labute approximate surface area is 124 Å². The van der Waals surface area contributed by atoms with Crippen LogP contribution >= 0.6 is 0 Å². The molecular weight excluding hydrogens is 264 g/mol. The number of hydrogen-bond acceptors (Lipinski definition) is 3. The number of nitrogens with one attached hydrogen (secondary N) is 1. The van der Waals surface area contributed by atoms with E-state index in [0.29, 0.717) is 5.69 Å². The van der Waals surface area contributed by atoms with Crippen LogP contribution in [0.2, 0.25) is 0 Å². The van der Waals surface area contributed by atoms with Crippen molar-refractivity contribution < 1.29 is 9.32 Å². The third-order valence-electron chi connectivity index (χ3n) is 4.33. The van der Waals surface area contributed by atoms with Gasteiger partial charge in [0.2, 0.25) is 5.91 Å². The molecule has 1 saturated carbocycles. The lowest BCUT2D eigenvalue weighted by atomic mass is 9.65. The summed E-state index contributed by atoms with van der Waals surface area (Å²) in [5.74, 6) is 0.0169. The summed E-state index contributed by atoms with van der Waals surface area (Å²) >= 11 is 0. The molecule has 0 aliphatic heterocycles. The van der Waals surface area contributed by atoms with Crippen LogP contribution in [0.25, 0.3) is 0 Å². The second-order valence-corrected chi connectivity index (χ2v) is 5.96. The summed E-state index contributed by atoms with van der Waals surface area (Å²) in [7, 11) is 0. The Morgan fingerprint density at radius 3 is 2.67 bits per heavy atom. The van der Waals surface area contributed by atoms with Gasteiger partial charge in [0, 0.05) is 12.6 Å². The second-order valence-electron chi connectivity index (χ2n) is 5.96. The average Bonchev–Trinajstić information content (AvgIpc) is 2.95. The highest BCUT2D eigenvalue weighted by atomic mass is 16.5. The first-order valence-electron chi connectivity index (χ1n) is 7.46. The lowest BCUT2D eigenvalue weighted by molar-refractivity contribution is -0.121. The van der Waals surface area contributed by atoms with E-state index in [1.807, 2.05) is 6.07 Å². The normalized spacial score (nSPS) is 16.2. The van der Waals surface area contributed by atoms with Crippen LogP contribution in [0, 0.1) is 5.41 Å². The maximum absolute atomic E-state index is 12.0. The topological polar surface area (TPSA) is 55.1 Å². The van der Waals surface area contributed by atoms with Gasteiger partial charge in [0.15, 0.2) is 0 Å². The Morgan fingerprint density at radius 2 is 2.05 bits per heavy atom. The highest BCUT2D eigenvalue weighted by Gasteiger charge is 2.37. The van der Waals surface area contributed by atoms with E-state index in [4.69, 9.17) is 4.52 Å². The summed E-state index contributed by atoms with van der Waals surface area (Å²) in [5, 5.41) is 6.83. The molecule has 1 aliphatic rings. The average molecular weight is 284 g/mol. The molecule has 3 rings (SSSR count). The molecule has 110 valence electrons. The summed E-state index contributed by atoms with van der Waals surface area (Å²) in [5.41, 5.74) is 2.27. The number of hydrogen-bond donors (Lipinski definition) is 1. The van der Waals surface area contributed by atoms with E-state index in [-0.39, 0.29) is 17.7 Å². The zero-order valence-electron chi connectivity index (χ0n) is 12.0. The smallest absolute Gasteiger partial charge is 0.226 e. The highest BCUT2D eigenvalue weighted by Crippen LogP contribution is 2.43. The van der Waals surface area contributed by atoms with Gasteiger partial charge in [-0.05, 0) is 30.2 Å². The van der Waals surface area contributed by atoms with E-state index < -0.39 is 0 Å². The van der Waals surface area contributed by atoms with Gasteiger partial charge in [-0.15, -0.1) is 0 Å². The van der Waals surface area contributed by atoms with Crippen molar-refractivity contribution in [3.8, 4) is 0 Å². The van der Waals surface area contributed by atoms with E-state index in [1.54, 1.807) is 6.07 Å². The number of benzene rings is 1. The first-order chi connectivity index (χ1) is 10.3. The second kappa shape index (κ2) is 6.12. The van der Waals surface area contributed by atoms with Gasteiger partial charge in [0.25, 0.3) is 0 Å². The summed E-state index contributed by atoms with van der Waals surface area (Å²) < 4.78 is 4.74. The zero-order chi connectivity index (χ0) is 14.5. The molecule has 21 heavy (non-hydrogen) atoms. The Hall–Kier alpha value is -2.10. The Balaban J connectivity index is 1.53. The summed E-state index contributed by atoms with van der Waals surface area (Å²) in [6.45, 7) is 0.749. The number of amides is 1. The first kappa shape index (κ1) is 13.9. The van der Waals surface area contributed by atoms with Crippen LogP contribution in [-0.4, -0.2) is 17.6 Å². The Bertz CT molecular complexity index is 574. The van der Waals surface area contributed by atoms with Crippen molar-refractivity contribution in [1.82, 2.24) is 10.5 Å². The molecule has 0 atom stereocenters. The lowest BCUT2D eigenvalue weighted by Crippen LogP contribution is -2.44. The molecule has 0 unspecified atom stereocenters. The molecule has 1 aromatic heterocycles.